The van der Waals surface area contributed by atoms with Gasteiger partial charge in [0.05, 0.1) is 0 Å². The van der Waals surface area contributed by atoms with E-state index in [2.05, 4.69) is 26.3 Å². The molecule has 0 aliphatic rings. The predicted octanol–water partition coefficient (Wildman–Crippen LogP) is 4.94. The Morgan fingerprint density at radius 2 is 1.88 bits per heavy atom. The highest BCUT2D eigenvalue weighted by Crippen LogP contribution is 2.24. The Balaban J connectivity index is 1.54. The molecule has 25 heavy (non-hydrogen) atoms. The van der Waals surface area contributed by atoms with Gasteiger partial charge in [-0.05, 0) is 61.5 Å². The molecule has 2 heterocycles. The molecule has 6 heteroatoms. The van der Waals surface area contributed by atoms with Crippen LogP contribution in [0.2, 0.25) is 0 Å². The second kappa shape index (κ2) is 6.24. The summed E-state index contributed by atoms with van der Waals surface area (Å²) < 4.78 is 18.5. The molecule has 0 amide bonds. The molecule has 2 aromatic heterocycles. The first kappa shape index (κ1) is 15.1. The molecule has 0 unspecified atom stereocenters. The van der Waals surface area contributed by atoms with E-state index < -0.39 is 0 Å². The van der Waals surface area contributed by atoms with Gasteiger partial charge in [0.2, 0.25) is 0 Å². The van der Waals surface area contributed by atoms with Crippen molar-refractivity contribution in [3.05, 3.63) is 72.3 Å². The summed E-state index contributed by atoms with van der Waals surface area (Å²) >= 11 is 0. The maximum Gasteiger partial charge on any atom is 0.323 e. The molecule has 0 aliphatic heterocycles. The molecule has 2 aromatic carbocycles. The second-order valence-electron chi connectivity index (χ2n) is 5.66. The van der Waals surface area contributed by atoms with E-state index in [0.29, 0.717) is 11.6 Å². The van der Waals surface area contributed by atoms with E-state index in [1.54, 1.807) is 12.3 Å². The van der Waals surface area contributed by atoms with Gasteiger partial charge in [0.15, 0.2) is 0 Å². The fourth-order valence-corrected chi connectivity index (χ4v) is 2.57. The number of hydrogen-bond donors (Lipinski definition) is 2. The molecule has 0 radical (unpaired) electrons. The minimum absolute atomic E-state index is 0.190. The minimum atomic E-state index is -0.320. The first-order chi connectivity index (χ1) is 12.2. The molecule has 2 N–H and O–H groups in total. The summed E-state index contributed by atoms with van der Waals surface area (Å²) in [6.07, 6.45) is 1.60. The Morgan fingerprint density at radius 3 is 2.72 bits per heavy atom. The molecular formula is C19H15FN4O. The third-order valence-corrected chi connectivity index (χ3v) is 3.68. The van der Waals surface area contributed by atoms with Crippen molar-refractivity contribution in [3.8, 4) is 11.8 Å². The Kier molecular flexibility index (Phi) is 3.78. The number of nitrogens with zero attached hydrogens (tertiary/aromatic N) is 2. The molecule has 124 valence electrons. The summed E-state index contributed by atoms with van der Waals surface area (Å²) in [5.74, 6) is 0.764. The van der Waals surface area contributed by atoms with Crippen LogP contribution in [0.5, 0.6) is 11.8 Å². The largest absolute Gasteiger partial charge is 0.424 e. The smallest absolute Gasteiger partial charge is 0.323 e. The van der Waals surface area contributed by atoms with Crippen molar-refractivity contribution in [1.82, 2.24) is 15.0 Å². The molecule has 4 aromatic rings. The molecule has 0 atom stereocenters. The van der Waals surface area contributed by atoms with Crippen molar-refractivity contribution in [1.29, 1.82) is 0 Å². The van der Waals surface area contributed by atoms with E-state index in [4.69, 9.17) is 4.74 Å². The van der Waals surface area contributed by atoms with Crippen LogP contribution in [0.4, 0.5) is 15.9 Å². The Hall–Kier alpha value is -3.41. The van der Waals surface area contributed by atoms with Crippen LogP contribution >= 0.6 is 0 Å². The topological polar surface area (TPSA) is 62.8 Å². The lowest BCUT2D eigenvalue weighted by molar-refractivity contribution is 0.441. The lowest BCUT2D eigenvalue weighted by Gasteiger charge is -2.08. The zero-order valence-corrected chi connectivity index (χ0v) is 13.5. The summed E-state index contributed by atoms with van der Waals surface area (Å²) in [7, 11) is 0. The van der Waals surface area contributed by atoms with Crippen LogP contribution < -0.4 is 10.1 Å². The number of nitrogens with one attached hydrogen (secondary N) is 2. The van der Waals surface area contributed by atoms with Crippen LogP contribution in [0.3, 0.4) is 0 Å². The van der Waals surface area contributed by atoms with Crippen molar-refractivity contribution in [2.75, 3.05) is 5.32 Å². The Morgan fingerprint density at radius 1 is 1.04 bits per heavy atom. The third kappa shape index (κ3) is 3.42. The number of aromatic nitrogens is 3. The summed E-state index contributed by atoms with van der Waals surface area (Å²) in [6.45, 7) is 2.02. The van der Waals surface area contributed by atoms with Gasteiger partial charge in [-0.2, -0.15) is 4.98 Å². The standard InChI is InChI=1S/C19H15FN4O/c1-12-10-13-11-15(4-7-17(13)22-12)23-18-8-9-21-19(24-18)25-16-5-2-14(20)3-6-16/h2-11,22H,1H3,(H,21,23,24). The lowest BCUT2D eigenvalue weighted by Crippen LogP contribution is -1.97. The van der Waals surface area contributed by atoms with Crippen LogP contribution in [-0.2, 0) is 0 Å². The first-order valence-corrected chi connectivity index (χ1v) is 7.79. The molecule has 0 aliphatic carbocycles. The predicted molar refractivity (Wildman–Crippen MR) is 94.8 cm³/mol. The van der Waals surface area contributed by atoms with Gasteiger partial charge in [-0.15, -0.1) is 0 Å². The second-order valence-corrected chi connectivity index (χ2v) is 5.66. The molecule has 0 saturated carbocycles. The molecule has 0 fully saturated rings. The minimum Gasteiger partial charge on any atom is -0.424 e. The van der Waals surface area contributed by atoms with Crippen molar-refractivity contribution >= 4 is 22.4 Å². The molecule has 5 nitrogen and oxygen atoms in total. The van der Waals surface area contributed by atoms with Crippen LogP contribution in [0.1, 0.15) is 5.69 Å². The summed E-state index contributed by atoms with van der Waals surface area (Å²) in [4.78, 5) is 11.7. The Bertz CT molecular complexity index is 1030. The van der Waals surface area contributed by atoms with E-state index in [9.17, 15) is 4.39 Å². The Labute approximate surface area is 143 Å². The number of ether oxygens (including phenoxy) is 1. The highest BCUT2D eigenvalue weighted by Gasteiger charge is 2.05. The normalized spacial score (nSPS) is 10.8. The van der Waals surface area contributed by atoms with Crippen molar-refractivity contribution in [2.45, 2.75) is 6.92 Å². The van der Waals surface area contributed by atoms with Crippen LogP contribution in [0.25, 0.3) is 10.9 Å². The van der Waals surface area contributed by atoms with E-state index in [1.165, 1.54) is 24.3 Å². The average Bonchev–Trinajstić information content (AvgIpc) is 2.97. The van der Waals surface area contributed by atoms with Gasteiger partial charge in [-0.25, -0.2) is 9.37 Å². The van der Waals surface area contributed by atoms with Gasteiger partial charge in [-0.1, -0.05) is 0 Å². The number of fused-ring (bicyclic) bond motifs is 1. The summed E-state index contributed by atoms with van der Waals surface area (Å²) in [5, 5.41) is 4.36. The maximum atomic E-state index is 12.9. The molecular weight excluding hydrogens is 319 g/mol. The van der Waals surface area contributed by atoms with Crippen molar-refractivity contribution in [3.63, 3.8) is 0 Å². The van der Waals surface area contributed by atoms with Crippen LogP contribution in [0.15, 0.2) is 60.8 Å². The number of hydrogen-bond acceptors (Lipinski definition) is 4. The quantitative estimate of drug-likeness (QED) is 0.555. The fraction of sp³-hybridized carbons (Fsp3) is 0.0526. The number of anilines is 2. The highest BCUT2D eigenvalue weighted by molar-refractivity contribution is 5.84. The van der Waals surface area contributed by atoms with Gasteiger partial charge < -0.3 is 15.0 Å². The van der Waals surface area contributed by atoms with Crippen molar-refractivity contribution in [2.24, 2.45) is 0 Å². The zero-order valence-electron chi connectivity index (χ0n) is 13.5. The van der Waals surface area contributed by atoms with Crippen LogP contribution in [-0.4, -0.2) is 15.0 Å². The molecule has 0 spiro atoms. The highest BCUT2D eigenvalue weighted by atomic mass is 19.1. The zero-order chi connectivity index (χ0) is 17.2. The van der Waals surface area contributed by atoms with E-state index in [1.807, 2.05) is 25.1 Å². The average molecular weight is 334 g/mol. The molecule has 4 rings (SSSR count). The summed E-state index contributed by atoms with van der Waals surface area (Å²) in [5.41, 5.74) is 3.12. The third-order valence-electron chi connectivity index (χ3n) is 3.68. The number of H-pyrrole nitrogens is 1. The lowest BCUT2D eigenvalue weighted by atomic mass is 10.2. The van der Waals surface area contributed by atoms with Crippen LogP contribution in [0, 0.1) is 12.7 Å². The van der Waals surface area contributed by atoms with E-state index in [0.717, 1.165) is 22.3 Å². The number of halogens is 1. The van der Waals surface area contributed by atoms with Gasteiger partial charge in [0, 0.05) is 28.5 Å². The number of aromatic amines is 1. The van der Waals surface area contributed by atoms with Crippen molar-refractivity contribution < 1.29 is 9.13 Å². The van der Waals surface area contributed by atoms with E-state index in [-0.39, 0.29) is 11.8 Å². The molecule has 0 saturated heterocycles. The SMILES string of the molecule is Cc1cc2cc(Nc3ccnc(Oc4ccc(F)cc4)n3)ccc2[nH]1. The number of aryl methyl sites for hydroxylation is 1. The summed E-state index contributed by atoms with van der Waals surface area (Å²) in [6, 6.07) is 15.8. The van der Waals surface area contributed by atoms with Gasteiger partial charge >= 0.3 is 6.01 Å². The van der Waals surface area contributed by atoms with Gasteiger partial charge in [0.1, 0.15) is 17.4 Å². The number of benzene rings is 2. The van der Waals surface area contributed by atoms with E-state index >= 15 is 0 Å². The van der Waals surface area contributed by atoms with Gasteiger partial charge in [0.25, 0.3) is 0 Å². The van der Waals surface area contributed by atoms with Gasteiger partial charge in [-0.3, -0.25) is 0 Å². The molecule has 0 bridgehead atoms. The first-order valence-electron chi connectivity index (χ1n) is 7.79. The monoisotopic (exact) mass is 334 g/mol. The maximum absolute atomic E-state index is 12.9. The number of rotatable bonds is 4. The fourth-order valence-electron chi connectivity index (χ4n) is 2.57.